The normalized spacial score (nSPS) is 11.4. The Morgan fingerprint density at radius 1 is 1.35 bits per heavy atom. The Morgan fingerprint density at radius 3 is 2.83 bits per heavy atom. The second kappa shape index (κ2) is 6.84. The number of rotatable bonds is 6. The minimum atomic E-state index is 0.0389. The summed E-state index contributed by atoms with van der Waals surface area (Å²) in [5.74, 6) is 1.60. The molecule has 0 amide bonds. The molecule has 3 rings (SSSR count). The van der Waals surface area contributed by atoms with E-state index in [0.29, 0.717) is 29.2 Å². The zero-order valence-electron chi connectivity index (χ0n) is 13.3. The number of aryl methyl sites for hydroxylation is 2. The maximum atomic E-state index is 12.7. The van der Waals surface area contributed by atoms with Crippen LogP contribution in [0.3, 0.4) is 0 Å². The summed E-state index contributed by atoms with van der Waals surface area (Å²) in [6, 6.07) is 1.97. The Kier molecular flexibility index (Phi) is 4.82. The number of aromatic nitrogens is 4. The highest BCUT2D eigenvalue weighted by Gasteiger charge is 2.15. The summed E-state index contributed by atoms with van der Waals surface area (Å²) in [5, 5.41) is 9.24. The standard InChI is InChI=1S/C15H18N4O2S2/c1-4-6-19-14(20)11-7-10(5-2)23-13(11)16-15(19)22-8-12-18-17-9(3)21-12/h7H,4-6,8H2,1-3H3. The lowest BCUT2D eigenvalue weighted by Crippen LogP contribution is -2.22. The molecule has 0 aliphatic heterocycles. The van der Waals surface area contributed by atoms with Crippen LogP contribution in [0.15, 0.2) is 20.4 Å². The quantitative estimate of drug-likeness (QED) is 0.501. The lowest BCUT2D eigenvalue weighted by Gasteiger charge is -2.09. The van der Waals surface area contributed by atoms with Crippen LogP contribution in [0.25, 0.3) is 10.2 Å². The summed E-state index contributed by atoms with van der Waals surface area (Å²) in [7, 11) is 0. The third kappa shape index (κ3) is 3.32. The molecule has 0 atom stereocenters. The number of thioether (sulfide) groups is 1. The van der Waals surface area contributed by atoms with Gasteiger partial charge in [0.05, 0.1) is 11.1 Å². The van der Waals surface area contributed by atoms with Gasteiger partial charge in [0.2, 0.25) is 11.8 Å². The van der Waals surface area contributed by atoms with Crippen molar-refractivity contribution in [1.82, 2.24) is 19.7 Å². The van der Waals surface area contributed by atoms with Crippen molar-refractivity contribution in [3.8, 4) is 0 Å². The van der Waals surface area contributed by atoms with E-state index < -0.39 is 0 Å². The number of hydrogen-bond donors (Lipinski definition) is 0. The predicted octanol–water partition coefficient (Wildman–Crippen LogP) is 3.41. The van der Waals surface area contributed by atoms with Crippen LogP contribution < -0.4 is 5.56 Å². The van der Waals surface area contributed by atoms with Crippen molar-refractivity contribution >= 4 is 33.3 Å². The van der Waals surface area contributed by atoms with Gasteiger partial charge in [-0.25, -0.2) is 4.98 Å². The molecule has 0 bridgehead atoms. The molecule has 0 saturated heterocycles. The van der Waals surface area contributed by atoms with E-state index in [0.717, 1.165) is 23.1 Å². The Morgan fingerprint density at radius 2 is 2.17 bits per heavy atom. The molecule has 0 N–H and O–H groups in total. The molecular weight excluding hydrogens is 332 g/mol. The van der Waals surface area contributed by atoms with E-state index in [9.17, 15) is 4.79 Å². The summed E-state index contributed by atoms with van der Waals surface area (Å²) in [6.07, 6.45) is 1.79. The predicted molar refractivity (Wildman–Crippen MR) is 92.1 cm³/mol. The molecule has 23 heavy (non-hydrogen) atoms. The van der Waals surface area contributed by atoms with Crippen molar-refractivity contribution < 1.29 is 4.42 Å². The third-order valence-corrected chi connectivity index (χ3v) is 5.49. The van der Waals surface area contributed by atoms with Crippen LogP contribution in [0.1, 0.15) is 36.9 Å². The molecule has 0 aliphatic carbocycles. The highest BCUT2D eigenvalue weighted by molar-refractivity contribution is 7.98. The summed E-state index contributed by atoms with van der Waals surface area (Å²) in [4.78, 5) is 19.4. The molecule has 0 radical (unpaired) electrons. The maximum Gasteiger partial charge on any atom is 0.262 e. The molecule has 3 aromatic rings. The molecule has 3 heterocycles. The van der Waals surface area contributed by atoms with Gasteiger partial charge in [-0.05, 0) is 18.9 Å². The summed E-state index contributed by atoms with van der Waals surface area (Å²) in [6.45, 7) is 6.56. The van der Waals surface area contributed by atoms with Crippen LogP contribution in [0.4, 0.5) is 0 Å². The molecule has 6 nitrogen and oxygen atoms in total. The molecule has 0 aliphatic rings. The van der Waals surface area contributed by atoms with Crippen LogP contribution in [-0.4, -0.2) is 19.7 Å². The van der Waals surface area contributed by atoms with Crippen molar-refractivity contribution in [2.75, 3.05) is 0 Å². The number of fused-ring (bicyclic) bond motifs is 1. The molecule has 3 aromatic heterocycles. The third-order valence-electron chi connectivity index (χ3n) is 3.36. The van der Waals surface area contributed by atoms with Gasteiger partial charge in [0.25, 0.3) is 5.56 Å². The summed E-state index contributed by atoms with van der Waals surface area (Å²) < 4.78 is 7.14. The lowest BCUT2D eigenvalue weighted by molar-refractivity contribution is 0.485. The first-order valence-electron chi connectivity index (χ1n) is 7.57. The van der Waals surface area contributed by atoms with Crippen molar-refractivity contribution in [1.29, 1.82) is 0 Å². The van der Waals surface area contributed by atoms with E-state index in [4.69, 9.17) is 9.40 Å². The molecule has 0 fully saturated rings. The molecular formula is C15H18N4O2S2. The SMILES string of the molecule is CCCn1c(SCc2nnc(C)o2)nc2sc(CC)cc2c1=O. The molecule has 122 valence electrons. The minimum absolute atomic E-state index is 0.0389. The Hall–Kier alpha value is -1.67. The van der Waals surface area contributed by atoms with Gasteiger partial charge in [-0.2, -0.15) is 0 Å². The van der Waals surface area contributed by atoms with E-state index >= 15 is 0 Å². The average molecular weight is 350 g/mol. The Balaban J connectivity index is 1.99. The van der Waals surface area contributed by atoms with Crippen molar-refractivity contribution in [2.45, 2.75) is 51.1 Å². The van der Waals surface area contributed by atoms with Gasteiger partial charge >= 0.3 is 0 Å². The van der Waals surface area contributed by atoms with E-state index in [1.807, 2.05) is 6.07 Å². The topological polar surface area (TPSA) is 73.8 Å². The zero-order chi connectivity index (χ0) is 16.4. The second-order valence-electron chi connectivity index (χ2n) is 5.14. The van der Waals surface area contributed by atoms with Gasteiger partial charge in [0.1, 0.15) is 4.83 Å². The zero-order valence-corrected chi connectivity index (χ0v) is 15.0. The first-order valence-corrected chi connectivity index (χ1v) is 9.37. The van der Waals surface area contributed by atoms with Gasteiger partial charge in [-0.1, -0.05) is 25.6 Å². The van der Waals surface area contributed by atoms with E-state index in [-0.39, 0.29) is 5.56 Å². The fraction of sp³-hybridized carbons (Fsp3) is 0.467. The van der Waals surface area contributed by atoms with Crippen molar-refractivity contribution in [3.05, 3.63) is 33.1 Å². The molecule has 8 heteroatoms. The van der Waals surface area contributed by atoms with Crippen LogP contribution >= 0.6 is 23.1 Å². The second-order valence-corrected chi connectivity index (χ2v) is 7.20. The maximum absolute atomic E-state index is 12.7. The van der Waals surface area contributed by atoms with Gasteiger partial charge < -0.3 is 4.42 Å². The lowest BCUT2D eigenvalue weighted by atomic mass is 10.3. The first-order chi connectivity index (χ1) is 11.1. The fourth-order valence-corrected chi connectivity index (χ4v) is 4.15. The largest absolute Gasteiger partial charge is 0.425 e. The van der Waals surface area contributed by atoms with E-state index in [2.05, 4.69) is 24.0 Å². The van der Waals surface area contributed by atoms with Gasteiger partial charge in [-0.15, -0.1) is 21.5 Å². The highest BCUT2D eigenvalue weighted by Crippen LogP contribution is 2.26. The van der Waals surface area contributed by atoms with E-state index in [1.165, 1.54) is 16.6 Å². The molecule has 0 unspecified atom stereocenters. The first kappa shape index (κ1) is 16.2. The Bertz CT molecular complexity index is 881. The fourth-order valence-electron chi connectivity index (χ4n) is 2.27. The van der Waals surface area contributed by atoms with Gasteiger partial charge in [0.15, 0.2) is 5.16 Å². The van der Waals surface area contributed by atoms with Crippen LogP contribution in [0.5, 0.6) is 0 Å². The number of nitrogens with zero attached hydrogens (tertiary/aromatic N) is 4. The van der Waals surface area contributed by atoms with Crippen LogP contribution in [0, 0.1) is 6.92 Å². The van der Waals surface area contributed by atoms with Gasteiger partial charge in [0, 0.05) is 18.3 Å². The number of hydrogen-bond acceptors (Lipinski definition) is 7. The monoisotopic (exact) mass is 350 g/mol. The van der Waals surface area contributed by atoms with E-state index in [1.54, 1.807) is 22.8 Å². The number of thiophene rings is 1. The smallest absolute Gasteiger partial charge is 0.262 e. The molecule has 0 aromatic carbocycles. The molecule has 0 saturated carbocycles. The van der Waals surface area contributed by atoms with Crippen LogP contribution in [0.2, 0.25) is 0 Å². The van der Waals surface area contributed by atoms with Crippen molar-refractivity contribution in [3.63, 3.8) is 0 Å². The average Bonchev–Trinajstić information content (AvgIpc) is 3.14. The van der Waals surface area contributed by atoms with Crippen molar-refractivity contribution in [2.24, 2.45) is 0 Å². The summed E-state index contributed by atoms with van der Waals surface area (Å²) >= 11 is 3.05. The summed E-state index contributed by atoms with van der Waals surface area (Å²) in [5.41, 5.74) is 0.0389. The molecule has 0 spiro atoms. The minimum Gasteiger partial charge on any atom is -0.425 e. The van der Waals surface area contributed by atoms with Gasteiger partial charge in [-0.3, -0.25) is 9.36 Å². The Labute approximate surface area is 142 Å². The highest BCUT2D eigenvalue weighted by atomic mass is 32.2. The van der Waals surface area contributed by atoms with Crippen LogP contribution in [-0.2, 0) is 18.7 Å².